The summed E-state index contributed by atoms with van der Waals surface area (Å²) in [5, 5.41) is 13.2. The van der Waals surface area contributed by atoms with E-state index in [2.05, 4.69) is 10.3 Å². The topological polar surface area (TPSA) is 129 Å². The molecular weight excluding hydrogens is 522 g/mol. The van der Waals surface area contributed by atoms with Crippen LogP contribution in [-0.4, -0.2) is 47.9 Å². The van der Waals surface area contributed by atoms with E-state index < -0.39 is 27.8 Å². The fourth-order valence-electron chi connectivity index (χ4n) is 4.56. The zero-order valence-electron chi connectivity index (χ0n) is 22.0. The number of hydrogen-bond donors (Lipinski definition) is 2. The van der Waals surface area contributed by atoms with Gasteiger partial charge in [0, 0.05) is 22.6 Å². The summed E-state index contributed by atoms with van der Waals surface area (Å²) >= 11 is 0. The van der Waals surface area contributed by atoms with Gasteiger partial charge in [-0.25, -0.2) is 22.2 Å². The molecule has 11 heteroatoms. The number of amides is 1. The highest BCUT2D eigenvalue weighted by molar-refractivity contribution is 7.90. The molecular formula is C28H29N3O7S. The maximum atomic E-state index is 14.0. The number of nitrogens with one attached hydrogen (secondary N) is 1. The Morgan fingerprint density at radius 3 is 2.56 bits per heavy atom. The number of fused-ring (bicyclic) bond motifs is 3. The molecule has 0 saturated heterocycles. The third-order valence-corrected chi connectivity index (χ3v) is 7.93. The van der Waals surface area contributed by atoms with Gasteiger partial charge in [0.25, 0.3) is 10.0 Å². The van der Waals surface area contributed by atoms with E-state index in [0.29, 0.717) is 39.2 Å². The molecule has 1 atom stereocenters. The highest BCUT2D eigenvalue weighted by Crippen LogP contribution is 2.43. The lowest BCUT2D eigenvalue weighted by molar-refractivity contribution is 0.0497. The summed E-state index contributed by atoms with van der Waals surface area (Å²) in [6.45, 7) is 5.15. The lowest BCUT2D eigenvalue weighted by Gasteiger charge is -2.21. The van der Waals surface area contributed by atoms with Crippen molar-refractivity contribution >= 4 is 27.0 Å². The number of alkyl carbamates (subject to hydrolysis) is 1. The molecule has 2 aromatic carbocycles. The van der Waals surface area contributed by atoms with Gasteiger partial charge in [-0.1, -0.05) is 24.3 Å². The van der Waals surface area contributed by atoms with Crippen molar-refractivity contribution in [3.8, 4) is 22.9 Å². The van der Waals surface area contributed by atoms with Crippen molar-refractivity contribution in [2.45, 2.75) is 43.9 Å². The van der Waals surface area contributed by atoms with Crippen LogP contribution < -0.4 is 14.8 Å². The van der Waals surface area contributed by atoms with Gasteiger partial charge < -0.3 is 24.6 Å². The zero-order chi connectivity index (χ0) is 27.9. The maximum absolute atomic E-state index is 14.0. The van der Waals surface area contributed by atoms with E-state index >= 15 is 0 Å². The number of nitrogens with zero attached hydrogens (tertiary/aromatic N) is 2. The van der Waals surface area contributed by atoms with Crippen molar-refractivity contribution < 1.29 is 32.5 Å². The summed E-state index contributed by atoms with van der Waals surface area (Å²) < 4.78 is 46.0. The Bertz CT molecular complexity index is 1640. The number of hydrogen-bond acceptors (Lipinski definition) is 8. The SMILES string of the molecule is COc1cc(-c2cc3c4c(ccc3n2S(=O)(=O)c2ccccc2)C(NC(=O)OC(C)(C)C)CO4)cc(CO)n1. The predicted octanol–water partition coefficient (Wildman–Crippen LogP) is 4.40. The first-order chi connectivity index (χ1) is 18.5. The first-order valence-electron chi connectivity index (χ1n) is 12.3. The number of carbonyl (C=O) groups is 1. The minimum absolute atomic E-state index is 0.109. The van der Waals surface area contributed by atoms with Crippen LogP contribution >= 0.6 is 0 Å². The summed E-state index contributed by atoms with van der Waals surface area (Å²) in [5.74, 6) is 0.703. The van der Waals surface area contributed by atoms with Crippen molar-refractivity contribution in [3.05, 3.63) is 71.9 Å². The molecule has 0 spiro atoms. The first kappa shape index (κ1) is 26.5. The second-order valence-electron chi connectivity index (χ2n) is 10.1. The maximum Gasteiger partial charge on any atom is 0.408 e. The number of aromatic nitrogens is 2. The van der Waals surface area contributed by atoms with Crippen molar-refractivity contribution in [2.24, 2.45) is 0 Å². The number of benzene rings is 2. The molecule has 0 bridgehead atoms. The van der Waals surface area contributed by atoms with Crippen molar-refractivity contribution in [2.75, 3.05) is 13.7 Å². The van der Waals surface area contributed by atoms with Gasteiger partial charge in [0.2, 0.25) is 5.88 Å². The molecule has 39 heavy (non-hydrogen) atoms. The minimum atomic E-state index is -4.06. The Hall–Kier alpha value is -4.09. The van der Waals surface area contributed by atoms with Gasteiger partial charge in [-0.15, -0.1) is 0 Å². The van der Waals surface area contributed by atoms with Gasteiger partial charge in [-0.3, -0.25) is 0 Å². The molecule has 0 fully saturated rings. The fraction of sp³-hybridized carbons (Fsp3) is 0.286. The lowest BCUT2D eigenvalue weighted by atomic mass is 10.1. The van der Waals surface area contributed by atoms with Crippen LogP contribution in [0.3, 0.4) is 0 Å². The third kappa shape index (κ3) is 5.02. The standard InChI is InChI=1S/C28H29N3O7S/c1-28(2,3)38-27(33)30-22-16-37-26-20(22)10-11-23-21(26)14-24(17-12-18(15-32)29-25(13-17)36-4)31(23)39(34,35)19-8-6-5-7-9-19/h5-14,22,32H,15-16H2,1-4H3,(H,30,33). The van der Waals surface area contributed by atoms with Gasteiger partial charge in [-0.2, -0.15) is 0 Å². The van der Waals surface area contributed by atoms with Crippen LogP contribution in [0.25, 0.3) is 22.2 Å². The van der Waals surface area contributed by atoms with Gasteiger partial charge in [0.05, 0.1) is 41.6 Å². The summed E-state index contributed by atoms with van der Waals surface area (Å²) in [7, 11) is -2.62. The summed E-state index contributed by atoms with van der Waals surface area (Å²) in [6.07, 6.45) is -0.575. The molecule has 0 aliphatic carbocycles. The van der Waals surface area contributed by atoms with Crippen LogP contribution in [0, 0.1) is 0 Å². The zero-order valence-corrected chi connectivity index (χ0v) is 22.8. The van der Waals surface area contributed by atoms with Gasteiger partial charge in [-0.05, 0) is 51.1 Å². The fourth-order valence-corrected chi connectivity index (χ4v) is 6.11. The highest BCUT2D eigenvalue weighted by atomic mass is 32.2. The molecule has 204 valence electrons. The molecule has 2 aromatic heterocycles. The second-order valence-corrected chi connectivity index (χ2v) is 11.9. The smallest absolute Gasteiger partial charge is 0.408 e. The first-order valence-corrected chi connectivity index (χ1v) is 13.7. The van der Waals surface area contributed by atoms with E-state index in [1.165, 1.54) is 23.2 Å². The molecule has 2 N–H and O–H groups in total. The van der Waals surface area contributed by atoms with Crippen LogP contribution in [-0.2, 0) is 21.4 Å². The van der Waals surface area contributed by atoms with Gasteiger partial charge in [0.15, 0.2) is 0 Å². The van der Waals surface area contributed by atoms with Crippen LogP contribution in [0.5, 0.6) is 11.6 Å². The molecule has 3 heterocycles. The Balaban J connectivity index is 1.70. The van der Waals surface area contributed by atoms with E-state index in [1.807, 2.05) is 0 Å². The number of rotatable bonds is 6. The van der Waals surface area contributed by atoms with E-state index in [1.54, 1.807) is 69.3 Å². The molecule has 1 amide bonds. The van der Waals surface area contributed by atoms with Crippen LogP contribution in [0.4, 0.5) is 4.79 Å². The van der Waals surface area contributed by atoms with Crippen molar-refractivity contribution in [1.82, 2.24) is 14.3 Å². The normalized spacial score (nSPS) is 15.1. The highest BCUT2D eigenvalue weighted by Gasteiger charge is 2.32. The van der Waals surface area contributed by atoms with Crippen molar-refractivity contribution in [3.63, 3.8) is 0 Å². The Morgan fingerprint density at radius 2 is 1.90 bits per heavy atom. The molecule has 1 unspecified atom stereocenters. The number of pyridine rings is 1. The summed E-state index contributed by atoms with van der Waals surface area (Å²) in [5.41, 5.74) is 1.58. The van der Waals surface area contributed by atoms with Gasteiger partial charge in [0.1, 0.15) is 18.0 Å². The summed E-state index contributed by atoms with van der Waals surface area (Å²) in [4.78, 5) is 16.8. The van der Waals surface area contributed by atoms with E-state index in [9.17, 15) is 18.3 Å². The average molecular weight is 552 g/mol. The Morgan fingerprint density at radius 1 is 1.15 bits per heavy atom. The van der Waals surface area contributed by atoms with Crippen molar-refractivity contribution in [1.29, 1.82) is 0 Å². The number of ether oxygens (including phenoxy) is 3. The van der Waals surface area contributed by atoms with Crippen LogP contribution in [0.2, 0.25) is 0 Å². The molecule has 0 saturated carbocycles. The number of aliphatic hydroxyl groups excluding tert-OH is 1. The second kappa shape index (κ2) is 9.90. The third-order valence-electron chi connectivity index (χ3n) is 6.19. The molecule has 10 nitrogen and oxygen atoms in total. The van der Waals surface area contributed by atoms with E-state index in [-0.39, 0.29) is 24.0 Å². The van der Waals surface area contributed by atoms with Crippen LogP contribution in [0.1, 0.15) is 38.1 Å². The minimum Gasteiger partial charge on any atom is -0.490 e. The number of methoxy groups -OCH3 is 1. The number of aliphatic hydroxyl groups is 1. The Labute approximate surface area is 226 Å². The van der Waals surface area contributed by atoms with Crippen LogP contribution in [0.15, 0.2) is 65.6 Å². The summed E-state index contributed by atoms with van der Waals surface area (Å²) in [6, 6.07) is 16.0. The quantitative estimate of drug-likeness (QED) is 0.361. The largest absolute Gasteiger partial charge is 0.490 e. The molecule has 0 radical (unpaired) electrons. The molecule has 1 aliphatic heterocycles. The Kier molecular flexibility index (Phi) is 6.73. The molecule has 1 aliphatic rings. The predicted molar refractivity (Wildman–Crippen MR) is 144 cm³/mol. The number of carbonyl (C=O) groups excluding carboxylic acids is 1. The monoisotopic (exact) mass is 551 g/mol. The van der Waals surface area contributed by atoms with Gasteiger partial charge >= 0.3 is 6.09 Å². The lowest BCUT2D eigenvalue weighted by Crippen LogP contribution is -2.35. The average Bonchev–Trinajstić information content (AvgIpc) is 3.49. The van der Waals surface area contributed by atoms with E-state index in [0.717, 1.165) is 0 Å². The molecule has 5 rings (SSSR count). The molecule has 4 aromatic rings. The van der Waals surface area contributed by atoms with E-state index in [4.69, 9.17) is 14.2 Å².